The summed E-state index contributed by atoms with van der Waals surface area (Å²) < 4.78 is 44.9. The van der Waals surface area contributed by atoms with Gasteiger partial charge in [0.05, 0.1) is 53.8 Å². The molecule has 0 spiro atoms. The van der Waals surface area contributed by atoms with Crippen molar-refractivity contribution in [3.63, 3.8) is 0 Å². The number of imide groups is 2. The van der Waals surface area contributed by atoms with Crippen LogP contribution in [0.15, 0.2) is 47.4 Å². The molecule has 16 nitrogen and oxygen atoms in total. The van der Waals surface area contributed by atoms with Crippen molar-refractivity contribution >= 4 is 56.6 Å². The predicted octanol–water partition coefficient (Wildman–Crippen LogP) is 3.01. The van der Waals surface area contributed by atoms with Crippen LogP contribution >= 0.6 is 11.3 Å². The Balaban J connectivity index is 0.864. The first kappa shape index (κ1) is 43.9. The number of hydrogen-bond acceptors (Lipinski definition) is 13. The lowest BCUT2D eigenvalue weighted by molar-refractivity contribution is -0.136. The monoisotopic (exact) mass is 888 g/mol. The number of hydrogen-bond donors (Lipinski definition) is 2. The van der Waals surface area contributed by atoms with Gasteiger partial charge in [-0.25, -0.2) is 8.78 Å². The number of nitrogens with zero attached hydrogens (tertiary/aromatic N) is 6. The van der Waals surface area contributed by atoms with Gasteiger partial charge in [-0.2, -0.15) is 0 Å². The van der Waals surface area contributed by atoms with Crippen molar-refractivity contribution in [2.24, 2.45) is 7.05 Å². The van der Waals surface area contributed by atoms with Crippen LogP contribution in [0.25, 0.3) is 21.2 Å². The van der Waals surface area contributed by atoms with Crippen molar-refractivity contribution in [3.8, 4) is 22.6 Å². The molecular weight excluding hydrogens is 839 g/mol. The fraction of sp³-hybridized carbons (Fsp3) is 0.455. The zero-order chi connectivity index (χ0) is 44.9. The number of aromatic nitrogens is 1. The van der Waals surface area contributed by atoms with E-state index in [1.54, 1.807) is 50.6 Å². The van der Waals surface area contributed by atoms with E-state index in [-0.39, 0.29) is 40.8 Å². The van der Waals surface area contributed by atoms with Crippen molar-refractivity contribution in [2.75, 3.05) is 85.6 Å². The van der Waals surface area contributed by atoms with E-state index in [4.69, 9.17) is 9.47 Å². The maximum atomic E-state index is 15.7. The number of benzene rings is 2. The number of halogens is 2. The molecule has 334 valence electrons. The number of anilines is 1. The van der Waals surface area contributed by atoms with Crippen molar-refractivity contribution < 1.29 is 42.2 Å². The molecule has 0 aliphatic carbocycles. The van der Waals surface area contributed by atoms with Gasteiger partial charge in [-0.15, -0.1) is 11.3 Å². The summed E-state index contributed by atoms with van der Waals surface area (Å²) in [4.78, 5) is 86.5. The fourth-order valence-electron chi connectivity index (χ4n) is 8.96. The topological polar surface area (TPSA) is 166 Å². The Kier molecular flexibility index (Phi) is 12.1. The number of carbonyl (C=O) groups excluding carboxylic acids is 5. The SMILES string of the molecule is COc1cc(-c2cn(C)c(=O)c3cc(C(=O)NC4CCN(CCN5CCN(c6ccc7c(c6)C(=O)N(C6CCC(=O)NC6=O)C7=O)CC5)CC4(F)F)sc23)cc(OC)c1CN(C)C. The van der Waals surface area contributed by atoms with E-state index in [1.807, 2.05) is 31.1 Å². The number of piperidine rings is 2. The normalized spacial score (nSPS) is 20.7. The van der Waals surface area contributed by atoms with Gasteiger partial charge in [0, 0.05) is 88.0 Å². The highest BCUT2D eigenvalue weighted by molar-refractivity contribution is 7.21. The average molecular weight is 889 g/mol. The molecular formula is C44H50F2N8O8S. The second-order valence-corrected chi connectivity index (χ2v) is 17.8. The number of nitrogens with one attached hydrogen (secondary N) is 2. The van der Waals surface area contributed by atoms with Gasteiger partial charge >= 0.3 is 0 Å². The second-order valence-electron chi connectivity index (χ2n) is 16.8. The zero-order valence-corrected chi connectivity index (χ0v) is 36.6. The number of amides is 5. The Morgan fingerprint density at radius 3 is 2.22 bits per heavy atom. The Hall–Kier alpha value is -5.76. The molecule has 6 heterocycles. The van der Waals surface area contributed by atoms with E-state index in [9.17, 15) is 28.8 Å². The number of likely N-dealkylation sites (tertiary alicyclic amines) is 1. The summed E-state index contributed by atoms with van der Waals surface area (Å²) in [6.07, 6.45) is 1.86. The first-order valence-electron chi connectivity index (χ1n) is 20.8. The summed E-state index contributed by atoms with van der Waals surface area (Å²) in [7, 11) is 8.64. The van der Waals surface area contributed by atoms with Crippen molar-refractivity contribution in [1.29, 1.82) is 0 Å². The molecule has 2 unspecified atom stereocenters. The number of methoxy groups -OCH3 is 2. The molecule has 0 bridgehead atoms. The van der Waals surface area contributed by atoms with E-state index in [1.165, 1.54) is 10.6 Å². The van der Waals surface area contributed by atoms with Gasteiger partial charge in [0.15, 0.2) is 0 Å². The van der Waals surface area contributed by atoms with Crippen LogP contribution in [0.3, 0.4) is 0 Å². The fourth-order valence-corrected chi connectivity index (χ4v) is 10.0. The summed E-state index contributed by atoms with van der Waals surface area (Å²) in [5.74, 6) is -4.89. The summed E-state index contributed by atoms with van der Waals surface area (Å²) in [6, 6.07) is 7.82. The van der Waals surface area contributed by atoms with E-state index in [0.717, 1.165) is 27.5 Å². The molecule has 2 N–H and O–H groups in total. The quantitative estimate of drug-likeness (QED) is 0.200. The van der Waals surface area contributed by atoms with Gasteiger partial charge in [-0.1, -0.05) is 0 Å². The van der Waals surface area contributed by atoms with Gasteiger partial charge in [0.1, 0.15) is 17.5 Å². The Morgan fingerprint density at radius 2 is 1.57 bits per heavy atom. The number of piperazine rings is 1. The number of alkyl halides is 2. The number of fused-ring (bicyclic) bond motifs is 2. The van der Waals surface area contributed by atoms with E-state index in [0.29, 0.717) is 85.1 Å². The number of carbonyl (C=O) groups is 5. The first-order valence-corrected chi connectivity index (χ1v) is 21.7. The number of aryl methyl sites for hydroxylation is 1. The molecule has 5 amide bonds. The minimum Gasteiger partial charge on any atom is -0.496 e. The van der Waals surface area contributed by atoms with E-state index in [2.05, 4.69) is 20.4 Å². The first-order chi connectivity index (χ1) is 30.1. The molecule has 3 saturated heterocycles. The molecule has 4 aromatic rings. The highest BCUT2D eigenvalue weighted by Gasteiger charge is 2.46. The molecule has 2 aromatic heterocycles. The Morgan fingerprint density at radius 1 is 0.889 bits per heavy atom. The highest BCUT2D eigenvalue weighted by Crippen LogP contribution is 2.40. The molecule has 8 rings (SSSR count). The summed E-state index contributed by atoms with van der Waals surface area (Å²) in [5, 5.41) is 5.10. The molecule has 4 aliphatic heterocycles. The lowest BCUT2D eigenvalue weighted by atomic mass is 10.0. The predicted molar refractivity (Wildman–Crippen MR) is 232 cm³/mol. The number of ether oxygens (including phenoxy) is 2. The molecule has 63 heavy (non-hydrogen) atoms. The van der Waals surface area contributed by atoms with Crippen LogP contribution < -0.4 is 30.6 Å². The van der Waals surface area contributed by atoms with Gasteiger partial charge < -0.3 is 29.2 Å². The third kappa shape index (κ3) is 8.53. The maximum Gasteiger partial charge on any atom is 0.280 e. The number of pyridine rings is 1. The van der Waals surface area contributed by atoms with Gasteiger partial charge in [-0.3, -0.25) is 48.8 Å². The smallest absolute Gasteiger partial charge is 0.280 e. The number of thiophene rings is 1. The second kappa shape index (κ2) is 17.4. The largest absolute Gasteiger partial charge is 0.496 e. The molecule has 19 heteroatoms. The Bertz CT molecular complexity index is 2540. The van der Waals surface area contributed by atoms with Gasteiger partial charge in [0.25, 0.3) is 29.2 Å². The van der Waals surface area contributed by atoms with Crippen LogP contribution in [-0.4, -0.2) is 152 Å². The molecule has 0 saturated carbocycles. The molecule has 0 radical (unpaired) electrons. The summed E-state index contributed by atoms with van der Waals surface area (Å²) in [5.41, 5.74) is 3.10. The maximum absolute atomic E-state index is 15.7. The minimum atomic E-state index is -3.20. The zero-order valence-electron chi connectivity index (χ0n) is 35.8. The molecule has 4 aliphatic rings. The standard InChI is InChI=1S/C44H50F2N8O8S/c1-49(2)22-31-33(61-4)18-25(19-34(31)62-5)30-23-50(3)41(58)29-21-35(63-38(29)30)40(57)47-36-10-11-52(24-44(36,45)46)13-12-51-14-16-53(17-15-51)26-6-7-27-28(20-26)43(60)54(42(27)59)32-8-9-37(55)48-39(32)56/h6-7,18-21,23,32,36H,8-17,22,24H2,1-5H3,(H,47,57)(H,48,55,56). The lowest BCUT2D eigenvalue weighted by Gasteiger charge is -2.40. The molecule has 2 atom stereocenters. The van der Waals surface area contributed by atoms with E-state index < -0.39 is 54.1 Å². The summed E-state index contributed by atoms with van der Waals surface area (Å²) >= 11 is 1.08. The van der Waals surface area contributed by atoms with Crippen molar-refractivity contribution in [2.45, 2.75) is 43.8 Å². The third-order valence-corrected chi connectivity index (χ3v) is 13.5. The van der Waals surface area contributed by atoms with Crippen LogP contribution in [0.4, 0.5) is 14.5 Å². The van der Waals surface area contributed by atoms with Crippen LogP contribution in [0.1, 0.15) is 55.2 Å². The van der Waals surface area contributed by atoms with Crippen molar-refractivity contribution in [3.05, 3.63) is 74.5 Å². The molecule has 2 aromatic carbocycles. The third-order valence-electron chi connectivity index (χ3n) is 12.3. The lowest BCUT2D eigenvalue weighted by Crippen LogP contribution is -2.59. The number of rotatable bonds is 12. The summed E-state index contributed by atoms with van der Waals surface area (Å²) in [6.45, 7) is 3.91. The van der Waals surface area contributed by atoms with Crippen LogP contribution in [0, 0.1) is 0 Å². The van der Waals surface area contributed by atoms with Crippen LogP contribution in [0.2, 0.25) is 0 Å². The molecule has 3 fully saturated rings. The minimum absolute atomic E-state index is 0.0430. The van der Waals surface area contributed by atoms with Gasteiger partial charge in [0.2, 0.25) is 11.8 Å². The highest BCUT2D eigenvalue weighted by atomic mass is 32.1. The van der Waals surface area contributed by atoms with Crippen LogP contribution in [-0.2, 0) is 23.2 Å². The van der Waals surface area contributed by atoms with E-state index >= 15 is 8.78 Å². The van der Waals surface area contributed by atoms with Crippen molar-refractivity contribution in [1.82, 2.24) is 34.8 Å². The Labute approximate surface area is 366 Å². The van der Waals surface area contributed by atoms with Gasteiger partial charge in [-0.05, 0) is 68.9 Å². The van der Waals surface area contributed by atoms with Crippen LogP contribution in [0.5, 0.6) is 11.5 Å². The average Bonchev–Trinajstić information content (AvgIpc) is 3.81.